The van der Waals surface area contributed by atoms with Crippen LogP contribution in [0.25, 0.3) is 0 Å². The summed E-state index contributed by atoms with van der Waals surface area (Å²) in [5.41, 5.74) is 0. The van der Waals surface area contributed by atoms with Crippen LogP contribution in [0.15, 0.2) is 0 Å². The first-order chi connectivity index (χ1) is 9.20. The van der Waals surface area contributed by atoms with Crippen molar-refractivity contribution in [2.24, 2.45) is 0 Å². The summed E-state index contributed by atoms with van der Waals surface area (Å²) in [6, 6.07) is 0. The predicted octanol–water partition coefficient (Wildman–Crippen LogP) is -3.26. The van der Waals surface area contributed by atoms with Crippen molar-refractivity contribution >= 4 is 50.1 Å². The second-order valence-electron chi connectivity index (χ2n) is 4.00. The molecule has 0 aromatic carbocycles. The van der Waals surface area contributed by atoms with Gasteiger partial charge in [0.1, 0.15) is 0 Å². The second-order valence-corrected chi connectivity index (χ2v) is 4.00. The first-order valence-electron chi connectivity index (χ1n) is 5.52. The Bertz CT molecular complexity index is 321. The van der Waals surface area contributed by atoms with E-state index >= 15 is 0 Å². The van der Waals surface area contributed by atoms with Gasteiger partial charge in [-0.1, -0.05) is 0 Å². The van der Waals surface area contributed by atoms with Gasteiger partial charge in [0.15, 0.2) is 0 Å². The molecule has 10 nitrogen and oxygen atoms in total. The Balaban J connectivity index is 0. The Kier molecular flexibility index (Phi) is 11.9. The monoisotopic (exact) mass is 504 g/mol. The van der Waals surface area contributed by atoms with E-state index in [1.807, 2.05) is 0 Å². The molecule has 0 amide bonds. The quantitative estimate of drug-likeness (QED) is 0.211. The predicted molar refractivity (Wildman–Crippen MR) is 73.4 cm³/mol. The van der Waals surface area contributed by atoms with Gasteiger partial charge < -0.3 is 20.4 Å². The molecule has 0 saturated heterocycles. The zero-order valence-corrected chi connectivity index (χ0v) is 16.8. The zero-order chi connectivity index (χ0) is 15.7. The Morgan fingerprint density at radius 1 is 0.571 bits per heavy atom. The summed E-state index contributed by atoms with van der Waals surface area (Å²) in [6.45, 7) is -2.25. The van der Waals surface area contributed by atoms with Crippen LogP contribution in [-0.4, -0.2) is 120 Å². The fraction of sp³-hybridized carbons (Fsp3) is 0.600. The molecule has 0 heterocycles. The van der Waals surface area contributed by atoms with Gasteiger partial charge in [0.25, 0.3) is 0 Å². The van der Waals surface area contributed by atoms with Crippen LogP contribution in [0.3, 0.4) is 0 Å². The van der Waals surface area contributed by atoms with Gasteiger partial charge in [-0.25, -0.2) is 0 Å². The molecule has 0 rings (SSSR count). The molecular weight excluding hydrogens is 485 g/mol. The average molecular weight is 504 g/mol. The third-order valence-electron chi connectivity index (χ3n) is 2.17. The minimum absolute atomic E-state index is 0. The normalized spacial score (nSPS) is 10.2. The molecule has 0 aliphatic rings. The van der Waals surface area contributed by atoms with E-state index in [0.717, 1.165) is 9.80 Å². The van der Waals surface area contributed by atoms with Crippen molar-refractivity contribution in [3.63, 3.8) is 0 Å². The van der Waals surface area contributed by atoms with E-state index in [-0.39, 0.29) is 39.3 Å². The Morgan fingerprint density at radius 2 is 0.762 bits per heavy atom. The van der Waals surface area contributed by atoms with Crippen LogP contribution in [0.4, 0.5) is 0 Å². The summed E-state index contributed by atoms with van der Waals surface area (Å²) in [5, 5.41) is 34.5. The zero-order valence-electron chi connectivity index (χ0n) is 11.3. The van der Waals surface area contributed by atoms with Gasteiger partial charge in [-0.15, -0.1) is 0 Å². The topological polar surface area (TPSA) is 156 Å². The van der Waals surface area contributed by atoms with E-state index in [1.54, 1.807) is 0 Å². The van der Waals surface area contributed by atoms with Gasteiger partial charge in [-0.2, -0.15) is 0 Å². The van der Waals surface area contributed by atoms with Crippen LogP contribution < -0.4 is 0 Å². The molecule has 0 fully saturated rings. The van der Waals surface area contributed by atoms with E-state index < -0.39 is 50.1 Å². The van der Waals surface area contributed by atoms with Gasteiger partial charge in [0.05, 0.1) is 26.2 Å². The number of rotatable bonds is 11. The van der Waals surface area contributed by atoms with Crippen molar-refractivity contribution < 1.29 is 39.6 Å². The molecule has 0 bridgehead atoms. The number of aliphatic carboxylic acids is 4. The number of carbonyl (C=O) groups is 4. The Hall–Kier alpha value is -1.32. The maximum atomic E-state index is 10.6. The summed E-state index contributed by atoms with van der Waals surface area (Å²) < 4.78 is 0. The average Bonchev–Trinajstić information content (AvgIpc) is 2.22. The molecule has 21 heavy (non-hydrogen) atoms. The van der Waals surface area contributed by atoms with E-state index in [1.165, 1.54) is 0 Å². The summed E-state index contributed by atoms with van der Waals surface area (Å²) in [6.07, 6.45) is 0. The maximum absolute atomic E-state index is 10.6. The van der Waals surface area contributed by atoms with Crippen LogP contribution in [-0.2, 0) is 19.2 Å². The van der Waals surface area contributed by atoms with Crippen molar-refractivity contribution in [1.29, 1.82) is 0 Å². The number of hydrogen-bond donors (Lipinski definition) is 4. The molecule has 0 atom stereocenters. The first-order valence-corrected chi connectivity index (χ1v) is 5.52. The number of carboxylic acid groups (broad SMARTS) is 4. The fourth-order valence-corrected chi connectivity index (χ4v) is 1.48. The van der Waals surface area contributed by atoms with Crippen LogP contribution in [0.5, 0.6) is 0 Å². The summed E-state index contributed by atoms with van der Waals surface area (Å²) >= 11 is 0. The second kappa shape index (κ2) is 11.4. The molecule has 0 aromatic heterocycles. The third-order valence-corrected chi connectivity index (χ3v) is 2.17. The van der Waals surface area contributed by atoms with E-state index in [2.05, 4.69) is 0 Å². The van der Waals surface area contributed by atoms with Crippen LogP contribution >= 0.6 is 0 Å². The van der Waals surface area contributed by atoms with Crippen LogP contribution in [0.2, 0.25) is 0 Å². The molecular formula is C10H19BiN2O8. The summed E-state index contributed by atoms with van der Waals surface area (Å²) in [5.74, 6) is -4.91. The Morgan fingerprint density at radius 3 is 0.905 bits per heavy atom. The van der Waals surface area contributed by atoms with Gasteiger partial charge >= 0.3 is 50.1 Å². The number of nitrogens with zero attached hydrogens (tertiary/aromatic N) is 2. The molecule has 0 aliphatic carbocycles. The number of carboxylic acids is 4. The van der Waals surface area contributed by atoms with E-state index in [4.69, 9.17) is 20.4 Å². The summed E-state index contributed by atoms with van der Waals surface area (Å²) in [4.78, 5) is 44.4. The van der Waals surface area contributed by atoms with Gasteiger partial charge in [-0.05, 0) is 0 Å². The fourth-order valence-electron chi connectivity index (χ4n) is 1.48. The Labute approximate surface area is 139 Å². The molecule has 11 heteroatoms. The molecule has 0 aliphatic heterocycles. The van der Waals surface area contributed by atoms with Crippen LogP contribution in [0, 0.1) is 0 Å². The third kappa shape index (κ3) is 13.4. The molecule has 4 N–H and O–H groups in total. The van der Waals surface area contributed by atoms with Crippen molar-refractivity contribution in [1.82, 2.24) is 9.80 Å². The summed E-state index contributed by atoms with van der Waals surface area (Å²) in [7, 11) is 0. The molecule has 0 unspecified atom stereocenters. The molecule has 0 saturated carbocycles. The van der Waals surface area contributed by atoms with Gasteiger partial charge in [0.2, 0.25) is 0 Å². The SMILES string of the molecule is O=C(O)CN(CCN(CC(=O)O)CC(=O)O)CC(=O)O.[BiH3]. The van der Waals surface area contributed by atoms with Crippen LogP contribution in [0.1, 0.15) is 0 Å². The standard InChI is InChI=1S/C10H16N2O8.Bi.3H/c13-7(14)3-11(4-8(15)16)1-2-12(5-9(17)18)6-10(19)20;;;;/h1-6H2,(H,13,14)(H,15,16)(H,17,18)(H,19,20);;;;. The van der Waals surface area contributed by atoms with Crippen molar-refractivity contribution in [2.75, 3.05) is 39.3 Å². The van der Waals surface area contributed by atoms with Gasteiger partial charge in [-0.3, -0.25) is 29.0 Å². The van der Waals surface area contributed by atoms with Crippen molar-refractivity contribution in [2.45, 2.75) is 0 Å². The minimum atomic E-state index is -1.23. The molecule has 0 radical (unpaired) electrons. The van der Waals surface area contributed by atoms with E-state index in [9.17, 15) is 19.2 Å². The van der Waals surface area contributed by atoms with E-state index in [0.29, 0.717) is 0 Å². The number of hydrogen-bond acceptors (Lipinski definition) is 6. The molecule has 0 spiro atoms. The molecule has 0 aromatic rings. The van der Waals surface area contributed by atoms with Crippen molar-refractivity contribution in [3.8, 4) is 0 Å². The first kappa shape index (κ1) is 22.0. The molecule has 122 valence electrons. The van der Waals surface area contributed by atoms with Gasteiger partial charge in [0, 0.05) is 13.1 Å². The van der Waals surface area contributed by atoms with Crippen molar-refractivity contribution in [3.05, 3.63) is 0 Å².